The van der Waals surface area contributed by atoms with E-state index < -0.39 is 23.2 Å². The van der Waals surface area contributed by atoms with E-state index in [0.29, 0.717) is 25.3 Å². The standard InChI is InChI=1S/C14H17F4NO2/c1-20-13(4-5-21-9-13)8-19-7-10-2-3-12(15)11(6-10)14(16,17)18/h2-3,6,19H,4-5,7-9H2,1H3. The summed E-state index contributed by atoms with van der Waals surface area (Å²) in [4.78, 5) is 0. The quantitative estimate of drug-likeness (QED) is 0.849. The number of alkyl halides is 3. The van der Waals surface area contributed by atoms with Crippen molar-refractivity contribution in [1.82, 2.24) is 5.32 Å². The summed E-state index contributed by atoms with van der Waals surface area (Å²) >= 11 is 0. The molecule has 1 unspecified atom stereocenters. The highest BCUT2D eigenvalue weighted by atomic mass is 19.4. The monoisotopic (exact) mass is 307 g/mol. The largest absolute Gasteiger partial charge is 0.419 e. The minimum atomic E-state index is -4.69. The lowest BCUT2D eigenvalue weighted by Gasteiger charge is -2.26. The Labute approximate surface area is 120 Å². The number of halogens is 4. The van der Waals surface area contributed by atoms with Crippen molar-refractivity contribution in [1.29, 1.82) is 0 Å². The molecule has 0 saturated carbocycles. The van der Waals surface area contributed by atoms with Gasteiger partial charge in [0.25, 0.3) is 0 Å². The second-order valence-corrected chi connectivity index (χ2v) is 5.11. The van der Waals surface area contributed by atoms with Crippen molar-refractivity contribution in [3.8, 4) is 0 Å². The maximum Gasteiger partial charge on any atom is 0.419 e. The van der Waals surface area contributed by atoms with Crippen molar-refractivity contribution in [3.05, 3.63) is 35.1 Å². The molecule has 21 heavy (non-hydrogen) atoms. The van der Waals surface area contributed by atoms with Gasteiger partial charge >= 0.3 is 6.18 Å². The van der Waals surface area contributed by atoms with Crippen molar-refractivity contribution in [3.63, 3.8) is 0 Å². The topological polar surface area (TPSA) is 30.5 Å². The van der Waals surface area contributed by atoms with Crippen LogP contribution < -0.4 is 5.32 Å². The maximum atomic E-state index is 13.2. The molecule has 1 fully saturated rings. The van der Waals surface area contributed by atoms with E-state index in [9.17, 15) is 17.6 Å². The minimum Gasteiger partial charge on any atom is -0.378 e. The highest BCUT2D eigenvalue weighted by Crippen LogP contribution is 2.32. The fraction of sp³-hybridized carbons (Fsp3) is 0.571. The number of benzene rings is 1. The van der Waals surface area contributed by atoms with E-state index in [1.54, 1.807) is 7.11 Å². The number of hydrogen-bond donors (Lipinski definition) is 1. The molecule has 0 aromatic heterocycles. The van der Waals surface area contributed by atoms with Crippen LogP contribution in [0.1, 0.15) is 17.5 Å². The van der Waals surface area contributed by atoms with Gasteiger partial charge in [-0.3, -0.25) is 0 Å². The summed E-state index contributed by atoms with van der Waals surface area (Å²) in [6, 6.07) is 3.00. The number of nitrogens with one attached hydrogen (secondary N) is 1. The molecule has 0 bridgehead atoms. The van der Waals surface area contributed by atoms with Gasteiger partial charge in [-0.2, -0.15) is 13.2 Å². The molecular formula is C14H17F4NO2. The van der Waals surface area contributed by atoms with E-state index in [1.165, 1.54) is 6.07 Å². The van der Waals surface area contributed by atoms with Gasteiger partial charge in [0, 0.05) is 33.2 Å². The van der Waals surface area contributed by atoms with E-state index in [-0.39, 0.29) is 6.54 Å². The summed E-state index contributed by atoms with van der Waals surface area (Å²) in [5.74, 6) is -1.26. The van der Waals surface area contributed by atoms with Gasteiger partial charge in [0.05, 0.1) is 12.2 Å². The molecule has 3 nitrogen and oxygen atoms in total. The van der Waals surface area contributed by atoms with Gasteiger partial charge in [-0.05, 0) is 17.7 Å². The molecule has 118 valence electrons. The van der Waals surface area contributed by atoms with E-state index in [4.69, 9.17) is 9.47 Å². The third-order valence-electron chi connectivity index (χ3n) is 3.61. The lowest BCUT2D eigenvalue weighted by molar-refractivity contribution is -0.140. The zero-order chi connectivity index (χ0) is 15.5. The van der Waals surface area contributed by atoms with Crippen LogP contribution in [-0.4, -0.2) is 32.5 Å². The van der Waals surface area contributed by atoms with Gasteiger partial charge in [0.2, 0.25) is 0 Å². The molecule has 2 rings (SSSR count). The summed E-state index contributed by atoms with van der Waals surface area (Å²) in [5, 5.41) is 3.04. The Balaban J connectivity index is 1.97. The summed E-state index contributed by atoms with van der Waals surface area (Å²) in [7, 11) is 1.58. The Kier molecular flexibility index (Phi) is 4.85. The molecule has 0 spiro atoms. The van der Waals surface area contributed by atoms with E-state index in [2.05, 4.69) is 5.32 Å². The van der Waals surface area contributed by atoms with Crippen LogP contribution in [-0.2, 0) is 22.2 Å². The minimum absolute atomic E-state index is 0.203. The van der Waals surface area contributed by atoms with Crippen LogP contribution in [0.2, 0.25) is 0 Å². The first kappa shape index (κ1) is 16.2. The maximum absolute atomic E-state index is 13.2. The molecule has 1 aliphatic heterocycles. The highest BCUT2D eigenvalue weighted by Gasteiger charge is 2.35. The van der Waals surface area contributed by atoms with Crippen LogP contribution in [0.3, 0.4) is 0 Å². The molecule has 1 aliphatic rings. The summed E-state index contributed by atoms with van der Waals surface area (Å²) in [6.45, 7) is 1.72. The summed E-state index contributed by atoms with van der Waals surface area (Å²) in [6.07, 6.45) is -3.96. The van der Waals surface area contributed by atoms with Gasteiger partial charge in [-0.25, -0.2) is 4.39 Å². The predicted molar refractivity (Wildman–Crippen MR) is 68.3 cm³/mol. The smallest absolute Gasteiger partial charge is 0.378 e. The molecule has 0 aliphatic carbocycles. The second-order valence-electron chi connectivity index (χ2n) is 5.11. The predicted octanol–water partition coefficient (Wildman–Crippen LogP) is 2.74. The van der Waals surface area contributed by atoms with E-state index in [0.717, 1.165) is 18.6 Å². The molecule has 1 aromatic rings. The Hall–Kier alpha value is -1.18. The second kappa shape index (κ2) is 6.29. The lowest BCUT2D eigenvalue weighted by atomic mass is 10.0. The number of hydrogen-bond acceptors (Lipinski definition) is 3. The highest BCUT2D eigenvalue weighted by molar-refractivity contribution is 5.27. The van der Waals surface area contributed by atoms with Crippen molar-refractivity contribution >= 4 is 0 Å². The normalized spacial score (nSPS) is 22.7. The van der Waals surface area contributed by atoms with Crippen LogP contribution in [0, 0.1) is 5.82 Å². The van der Waals surface area contributed by atoms with E-state index >= 15 is 0 Å². The van der Waals surface area contributed by atoms with Crippen molar-refractivity contribution in [2.45, 2.75) is 24.7 Å². The molecule has 1 atom stereocenters. The van der Waals surface area contributed by atoms with Gasteiger partial charge in [0.15, 0.2) is 0 Å². The van der Waals surface area contributed by atoms with Crippen molar-refractivity contribution < 1.29 is 27.0 Å². The fourth-order valence-corrected chi connectivity index (χ4v) is 2.30. The first-order chi connectivity index (χ1) is 9.86. The third-order valence-corrected chi connectivity index (χ3v) is 3.61. The summed E-state index contributed by atoms with van der Waals surface area (Å²) < 4.78 is 61.7. The van der Waals surface area contributed by atoms with E-state index in [1.807, 2.05) is 0 Å². The summed E-state index contributed by atoms with van der Waals surface area (Å²) in [5.41, 5.74) is -1.31. The molecular weight excluding hydrogens is 290 g/mol. The first-order valence-corrected chi connectivity index (χ1v) is 6.56. The zero-order valence-electron chi connectivity index (χ0n) is 11.6. The Morgan fingerprint density at radius 1 is 1.38 bits per heavy atom. The van der Waals surface area contributed by atoms with Crippen molar-refractivity contribution in [2.24, 2.45) is 0 Å². The molecule has 0 amide bonds. The van der Waals surface area contributed by atoms with Crippen LogP contribution in [0.15, 0.2) is 18.2 Å². The van der Waals surface area contributed by atoms with Gasteiger partial charge in [0.1, 0.15) is 11.4 Å². The number of methoxy groups -OCH3 is 1. The fourth-order valence-electron chi connectivity index (χ4n) is 2.30. The molecule has 1 N–H and O–H groups in total. The van der Waals surface area contributed by atoms with Gasteiger partial charge in [-0.15, -0.1) is 0 Å². The Morgan fingerprint density at radius 2 is 2.14 bits per heavy atom. The van der Waals surface area contributed by atoms with Crippen LogP contribution in [0.4, 0.5) is 17.6 Å². The molecule has 1 aromatic carbocycles. The number of rotatable bonds is 5. The molecule has 7 heteroatoms. The zero-order valence-corrected chi connectivity index (χ0v) is 11.6. The Bertz CT molecular complexity index is 484. The lowest BCUT2D eigenvalue weighted by Crippen LogP contribution is -2.42. The van der Waals surface area contributed by atoms with Crippen LogP contribution >= 0.6 is 0 Å². The van der Waals surface area contributed by atoms with Gasteiger partial charge < -0.3 is 14.8 Å². The first-order valence-electron chi connectivity index (χ1n) is 6.56. The molecule has 0 radical (unpaired) electrons. The molecule has 1 heterocycles. The van der Waals surface area contributed by atoms with Crippen LogP contribution in [0.5, 0.6) is 0 Å². The van der Waals surface area contributed by atoms with Crippen LogP contribution in [0.25, 0.3) is 0 Å². The third kappa shape index (κ3) is 3.93. The molecule has 1 saturated heterocycles. The Morgan fingerprint density at radius 3 is 2.71 bits per heavy atom. The average molecular weight is 307 g/mol. The number of ether oxygens (including phenoxy) is 2. The van der Waals surface area contributed by atoms with Gasteiger partial charge in [-0.1, -0.05) is 6.07 Å². The average Bonchev–Trinajstić information content (AvgIpc) is 2.89. The van der Waals surface area contributed by atoms with Crippen molar-refractivity contribution in [2.75, 3.05) is 26.9 Å². The SMILES string of the molecule is COC1(CNCc2ccc(F)c(C(F)(F)F)c2)CCOC1.